The summed E-state index contributed by atoms with van der Waals surface area (Å²) in [5.41, 5.74) is 0. The molecule has 0 aromatic heterocycles. The van der Waals surface area contributed by atoms with Gasteiger partial charge in [-0.1, -0.05) is 0 Å². The second-order valence-corrected chi connectivity index (χ2v) is 8.02. The van der Waals surface area contributed by atoms with E-state index in [2.05, 4.69) is 5.14 Å². The van der Waals surface area contributed by atoms with E-state index < -0.39 is 68.3 Å². The van der Waals surface area contributed by atoms with E-state index in [0.29, 0.717) is 0 Å². The van der Waals surface area contributed by atoms with Crippen molar-refractivity contribution in [3.63, 3.8) is 0 Å². The second kappa shape index (κ2) is 6.42. The summed E-state index contributed by atoms with van der Waals surface area (Å²) >= 11 is 0. The first kappa shape index (κ1) is 29.6. The van der Waals surface area contributed by atoms with E-state index in [1.165, 1.54) is 0 Å². The lowest BCUT2D eigenvalue weighted by Crippen LogP contribution is -2.93. The Morgan fingerprint density at radius 2 is 0.727 bits per heavy atom. The lowest BCUT2D eigenvalue weighted by atomic mass is 9.68. The van der Waals surface area contributed by atoms with Gasteiger partial charge in [-0.05, 0) is 0 Å². The van der Waals surface area contributed by atoms with Gasteiger partial charge in [0.05, 0.1) is 0 Å². The first-order chi connectivity index (χ1) is 13.8. The van der Waals surface area contributed by atoms with Gasteiger partial charge in [-0.2, -0.15) is 83.4 Å². The SMILES string of the molecule is NS(=O)(=O)C1(C(F)(F)C(F)(F)C(F)(F)C(F)(F)F)C(F)(F)C(F)(F)C(F)(F)C(F)(F)C1(F)F. The zero-order valence-corrected chi connectivity index (χ0v) is 14.8. The summed E-state index contributed by atoms with van der Waals surface area (Å²) in [4.78, 5) is 0. The standard InChI is InChI=1S/C10H2F19NO2S/c11-2(12)1(33(30,31)32,3(13,14)6(19,20)8(23,24)5(2,17)18)4(15,16)7(21,22)9(25,26)10(27,28)29/h(H2,30,31,32). The molecule has 0 heterocycles. The number of hydrogen-bond acceptors (Lipinski definition) is 2. The quantitative estimate of drug-likeness (QED) is 0.508. The van der Waals surface area contributed by atoms with E-state index in [1.54, 1.807) is 0 Å². The molecule has 0 amide bonds. The molecule has 0 unspecified atom stereocenters. The van der Waals surface area contributed by atoms with E-state index in [9.17, 15) is 91.8 Å². The van der Waals surface area contributed by atoms with Gasteiger partial charge in [0.2, 0.25) is 10.0 Å². The normalized spacial score (nSPS) is 26.7. The molecule has 0 aromatic rings. The first-order valence-corrected chi connectivity index (χ1v) is 8.41. The van der Waals surface area contributed by atoms with Crippen molar-refractivity contribution >= 4 is 10.0 Å². The highest BCUT2D eigenvalue weighted by Gasteiger charge is 3.09. The Labute approximate surface area is 166 Å². The minimum atomic E-state index is -9.27. The monoisotopic (exact) mass is 561 g/mol. The molecule has 1 saturated carbocycles. The molecule has 0 atom stereocenters. The third kappa shape index (κ3) is 2.62. The number of halogens is 19. The highest BCUT2D eigenvalue weighted by Crippen LogP contribution is 2.75. The molecule has 1 fully saturated rings. The smallest absolute Gasteiger partial charge is 0.228 e. The van der Waals surface area contributed by atoms with Gasteiger partial charge >= 0.3 is 53.6 Å². The number of rotatable bonds is 4. The van der Waals surface area contributed by atoms with Gasteiger partial charge in [-0.3, -0.25) is 0 Å². The fourth-order valence-corrected chi connectivity index (χ4v) is 4.21. The van der Waals surface area contributed by atoms with Crippen LogP contribution in [0, 0.1) is 0 Å². The molecule has 0 saturated heterocycles. The van der Waals surface area contributed by atoms with E-state index in [4.69, 9.17) is 0 Å². The van der Waals surface area contributed by atoms with Crippen LogP contribution in [0.3, 0.4) is 0 Å². The maximum atomic E-state index is 14.1. The Hall–Kier alpha value is -1.42. The van der Waals surface area contributed by atoms with Gasteiger partial charge in [0, 0.05) is 0 Å². The molecule has 198 valence electrons. The predicted molar refractivity (Wildman–Crippen MR) is 61.5 cm³/mol. The van der Waals surface area contributed by atoms with Gasteiger partial charge in [-0.15, -0.1) is 0 Å². The zero-order chi connectivity index (χ0) is 27.5. The van der Waals surface area contributed by atoms with Crippen molar-refractivity contribution in [2.24, 2.45) is 5.14 Å². The fraction of sp³-hybridized carbons (Fsp3) is 1.00. The molecule has 0 bridgehead atoms. The average Bonchev–Trinajstić information content (AvgIpc) is 2.49. The van der Waals surface area contributed by atoms with E-state index in [1.807, 2.05) is 0 Å². The number of primary sulfonamides is 1. The van der Waals surface area contributed by atoms with Crippen molar-refractivity contribution in [3.8, 4) is 0 Å². The van der Waals surface area contributed by atoms with Crippen LogP contribution in [-0.4, -0.2) is 66.7 Å². The molecule has 0 aliphatic heterocycles. The zero-order valence-electron chi connectivity index (χ0n) is 14.0. The van der Waals surface area contributed by atoms with Gasteiger partial charge in [-0.25, -0.2) is 13.6 Å². The van der Waals surface area contributed by atoms with Crippen LogP contribution >= 0.6 is 0 Å². The van der Waals surface area contributed by atoms with Crippen LogP contribution in [0.5, 0.6) is 0 Å². The summed E-state index contributed by atoms with van der Waals surface area (Å²) in [6.07, 6.45) is -8.12. The van der Waals surface area contributed by atoms with Gasteiger partial charge < -0.3 is 0 Å². The lowest BCUT2D eigenvalue weighted by molar-refractivity contribution is -0.489. The third-order valence-electron chi connectivity index (χ3n) is 4.48. The molecule has 3 nitrogen and oxygen atoms in total. The van der Waals surface area contributed by atoms with E-state index in [-0.39, 0.29) is 0 Å². The Bertz CT molecular complexity index is 885. The maximum Gasteiger partial charge on any atom is 0.460 e. The molecule has 0 radical (unpaired) electrons. The molecule has 23 heteroatoms. The average molecular weight is 561 g/mol. The summed E-state index contributed by atoms with van der Waals surface area (Å²) in [5, 5.41) is 3.32. The minimum Gasteiger partial charge on any atom is -0.228 e. The molecular weight excluding hydrogens is 559 g/mol. The Morgan fingerprint density at radius 3 is 0.939 bits per heavy atom. The van der Waals surface area contributed by atoms with Crippen molar-refractivity contribution < 1.29 is 91.8 Å². The van der Waals surface area contributed by atoms with E-state index in [0.717, 1.165) is 0 Å². The molecule has 1 rings (SSSR count). The molecule has 0 spiro atoms. The largest absolute Gasteiger partial charge is 0.460 e. The van der Waals surface area contributed by atoms with Gasteiger partial charge in [0.15, 0.2) is 0 Å². The number of alkyl halides is 19. The van der Waals surface area contributed by atoms with Crippen LogP contribution in [0.2, 0.25) is 0 Å². The minimum absolute atomic E-state index is 3.32. The number of sulfonamides is 1. The highest BCUT2D eigenvalue weighted by atomic mass is 32.2. The van der Waals surface area contributed by atoms with Crippen LogP contribution in [0.1, 0.15) is 0 Å². The molecule has 33 heavy (non-hydrogen) atoms. The summed E-state index contributed by atoms with van der Waals surface area (Å²) in [6.45, 7) is 0. The van der Waals surface area contributed by atoms with Crippen LogP contribution in [-0.2, 0) is 10.0 Å². The molecule has 1 aliphatic carbocycles. The predicted octanol–water partition coefficient (Wildman–Crippen LogP) is 4.67. The van der Waals surface area contributed by atoms with Crippen molar-refractivity contribution in [1.82, 2.24) is 0 Å². The van der Waals surface area contributed by atoms with Crippen molar-refractivity contribution in [2.75, 3.05) is 0 Å². The Morgan fingerprint density at radius 1 is 0.485 bits per heavy atom. The first-order valence-electron chi connectivity index (χ1n) is 6.86. The molecule has 2 N–H and O–H groups in total. The topological polar surface area (TPSA) is 60.2 Å². The summed E-state index contributed by atoms with van der Waals surface area (Å²) < 4.78 is 267. The fourth-order valence-electron chi connectivity index (χ4n) is 2.76. The Balaban J connectivity index is 4.54. The lowest BCUT2D eigenvalue weighted by Gasteiger charge is -2.57. The molecule has 0 aromatic carbocycles. The van der Waals surface area contributed by atoms with Gasteiger partial charge in [0.25, 0.3) is 4.75 Å². The summed E-state index contributed by atoms with van der Waals surface area (Å²) in [6, 6.07) is 0. The third-order valence-corrected chi connectivity index (χ3v) is 6.10. The van der Waals surface area contributed by atoms with Crippen molar-refractivity contribution in [3.05, 3.63) is 0 Å². The second-order valence-electron chi connectivity index (χ2n) is 6.32. The highest BCUT2D eigenvalue weighted by molar-refractivity contribution is 7.90. The van der Waals surface area contributed by atoms with Crippen molar-refractivity contribution in [1.29, 1.82) is 0 Å². The van der Waals surface area contributed by atoms with Crippen molar-refractivity contribution in [2.45, 2.75) is 58.3 Å². The number of hydrogen-bond donors (Lipinski definition) is 1. The van der Waals surface area contributed by atoms with Crippen LogP contribution < -0.4 is 5.14 Å². The summed E-state index contributed by atoms with van der Waals surface area (Å²) in [5.74, 6) is -70.1. The summed E-state index contributed by atoms with van der Waals surface area (Å²) in [7, 11) is -8.77. The number of nitrogens with two attached hydrogens (primary N) is 1. The molecular formula is C10H2F19NO2S. The van der Waals surface area contributed by atoms with Crippen LogP contribution in [0.4, 0.5) is 83.4 Å². The van der Waals surface area contributed by atoms with Gasteiger partial charge in [0.1, 0.15) is 0 Å². The maximum absolute atomic E-state index is 14.1. The molecule has 1 aliphatic rings. The van der Waals surface area contributed by atoms with Crippen LogP contribution in [0.15, 0.2) is 0 Å². The van der Waals surface area contributed by atoms with Crippen LogP contribution in [0.25, 0.3) is 0 Å². The van der Waals surface area contributed by atoms with E-state index >= 15 is 0 Å². The Kier molecular flexibility index (Phi) is 5.76.